The zero-order valence-electron chi connectivity index (χ0n) is 31.3. The molecule has 0 spiro atoms. The molecule has 0 fully saturated rings. The maximum atomic E-state index is 14.4. The van der Waals surface area contributed by atoms with Gasteiger partial charge in [-0.15, -0.1) is 21.5 Å². The van der Waals surface area contributed by atoms with Crippen molar-refractivity contribution in [1.82, 2.24) is 29.9 Å². The van der Waals surface area contributed by atoms with Crippen LogP contribution in [-0.2, 0) is 16.0 Å². The highest BCUT2D eigenvalue weighted by atomic mass is 32.1. The molecule has 3 amide bonds. The van der Waals surface area contributed by atoms with E-state index in [1.165, 1.54) is 24.5 Å². The first-order chi connectivity index (χ1) is 25.2. The summed E-state index contributed by atoms with van der Waals surface area (Å²) < 4.78 is 27.4. The second-order valence-corrected chi connectivity index (χ2v) is 15.7. The number of likely N-dealkylation sites (N-methyl/N-ethyl adjacent to an activating group) is 1. The number of thiophene rings is 1. The van der Waals surface area contributed by atoms with Gasteiger partial charge >= 0.3 is 6.09 Å². The van der Waals surface area contributed by atoms with Crippen molar-refractivity contribution >= 4 is 45.1 Å². The SMILES string of the molecule is CCN(C(=O)c1cc(F)ccc1Oc1nncnc1N1CC2=C(CN(C(=O)C[C@@H](Cc3csc4ccccc34)N(C)C(=O)OC(C)(C)C)C2)C1)C(C)C. The van der Waals surface area contributed by atoms with Gasteiger partial charge in [-0.25, -0.2) is 14.2 Å². The van der Waals surface area contributed by atoms with Crippen molar-refractivity contribution < 1.29 is 28.2 Å². The number of amides is 3. The number of carbonyl (C=O) groups is 3. The molecule has 1 atom stereocenters. The fourth-order valence-electron chi connectivity index (χ4n) is 6.81. The Morgan fingerprint density at radius 3 is 2.43 bits per heavy atom. The van der Waals surface area contributed by atoms with Crippen LogP contribution in [0, 0.1) is 5.82 Å². The van der Waals surface area contributed by atoms with Gasteiger partial charge in [-0.3, -0.25) is 9.59 Å². The van der Waals surface area contributed by atoms with Crippen molar-refractivity contribution in [1.29, 1.82) is 0 Å². The molecule has 280 valence electrons. The van der Waals surface area contributed by atoms with Crippen molar-refractivity contribution in [2.45, 2.75) is 72.1 Å². The second kappa shape index (κ2) is 15.5. The number of nitrogens with zero attached hydrogens (tertiary/aromatic N) is 7. The van der Waals surface area contributed by atoms with Crippen molar-refractivity contribution in [3.63, 3.8) is 0 Å². The topological polar surface area (TPSA) is 121 Å². The molecule has 0 unspecified atom stereocenters. The van der Waals surface area contributed by atoms with Gasteiger partial charge in [-0.05, 0) is 99.7 Å². The number of anilines is 1. The standard InChI is InChI=1S/C39H46FN7O5S/c1-8-47(24(2)3)37(49)31-16-28(40)13-14-32(31)51-36-35(41-23-42-43-36)46-20-26-18-45(19-27(26)21-46)34(48)17-29(44(7)38(50)52-39(4,5)6)15-25-22-53-33-12-10-9-11-30(25)33/h9-14,16,22-24,29H,8,15,17-21H2,1-7H3/t29-/m1/s1. The normalized spacial score (nSPS) is 14.9. The fraction of sp³-hybridized carbons (Fsp3) is 0.436. The first kappa shape index (κ1) is 37.6. The quantitative estimate of drug-likeness (QED) is 0.154. The summed E-state index contributed by atoms with van der Waals surface area (Å²) in [6, 6.07) is 11.5. The highest BCUT2D eigenvalue weighted by Crippen LogP contribution is 2.36. The monoisotopic (exact) mass is 743 g/mol. The zero-order chi connectivity index (χ0) is 38.0. The van der Waals surface area contributed by atoms with Crippen LogP contribution < -0.4 is 9.64 Å². The van der Waals surface area contributed by atoms with Gasteiger partial charge in [0.1, 0.15) is 23.5 Å². The van der Waals surface area contributed by atoms with E-state index in [1.54, 1.807) is 28.2 Å². The fourth-order valence-corrected chi connectivity index (χ4v) is 7.79. The molecule has 4 heterocycles. The van der Waals surface area contributed by atoms with E-state index in [-0.39, 0.29) is 41.5 Å². The summed E-state index contributed by atoms with van der Waals surface area (Å²) in [4.78, 5) is 52.0. The minimum atomic E-state index is -0.673. The average molecular weight is 744 g/mol. The lowest BCUT2D eigenvalue weighted by molar-refractivity contribution is -0.131. The maximum absolute atomic E-state index is 14.4. The van der Waals surface area contributed by atoms with Gasteiger partial charge in [0.05, 0.1) is 5.56 Å². The molecule has 12 nitrogen and oxygen atoms in total. The Kier molecular flexibility index (Phi) is 11.0. The lowest BCUT2D eigenvalue weighted by Crippen LogP contribution is -2.45. The third-order valence-corrected chi connectivity index (χ3v) is 10.5. The van der Waals surface area contributed by atoms with E-state index in [4.69, 9.17) is 9.47 Å². The molecular weight excluding hydrogens is 698 g/mol. The molecule has 2 aliphatic heterocycles. The second-order valence-electron chi connectivity index (χ2n) is 14.7. The van der Waals surface area contributed by atoms with Crippen LogP contribution in [-0.4, -0.2) is 105 Å². The average Bonchev–Trinajstić information content (AvgIpc) is 3.82. The van der Waals surface area contributed by atoms with Crippen LogP contribution >= 0.6 is 11.3 Å². The lowest BCUT2D eigenvalue weighted by Gasteiger charge is -2.32. The van der Waals surface area contributed by atoms with Gasteiger partial charge in [-0.1, -0.05) is 18.2 Å². The molecule has 6 rings (SSSR count). The third-order valence-electron chi connectivity index (χ3n) is 9.51. The number of carbonyl (C=O) groups excluding carboxylic acids is 3. The first-order valence-corrected chi connectivity index (χ1v) is 18.7. The minimum Gasteiger partial charge on any atom is -0.444 e. The van der Waals surface area contributed by atoms with Crippen molar-refractivity contribution in [2.75, 3.05) is 44.7 Å². The van der Waals surface area contributed by atoms with Gasteiger partial charge in [0.2, 0.25) is 5.91 Å². The largest absolute Gasteiger partial charge is 0.444 e. The molecule has 0 N–H and O–H groups in total. The molecule has 0 bridgehead atoms. The predicted octanol–water partition coefficient (Wildman–Crippen LogP) is 6.72. The zero-order valence-corrected chi connectivity index (χ0v) is 32.1. The van der Waals surface area contributed by atoms with Crippen LogP contribution in [0.3, 0.4) is 0 Å². The Balaban J connectivity index is 1.14. The number of halogens is 1. The number of aromatic nitrogens is 3. The van der Waals surface area contributed by atoms with Crippen LogP contribution in [0.1, 0.15) is 63.9 Å². The molecule has 53 heavy (non-hydrogen) atoms. The molecule has 0 saturated heterocycles. The first-order valence-electron chi connectivity index (χ1n) is 17.8. The van der Waals surface area contributed by atoms with E-state index in [2.05, 4.69) is 32.7 Å². The predicted molar refractivity (Wildman–Crippen MR) is 202 cm³/mol. The van der Waals surface area contributed by atoms with Crippen LogP contribution in [0.15, 0.2) is 65.3 Å². The van der Waals surface area contributed by atoms with Crippen molar-refractivity contribution in [3.05, 3.63) is 82.3 Å². The molecule has 4 aromatic rings. The van der Waals surface area contributed by atoms with E-state index in [9.17, 15) is 18.8 Å². The van der Waals surface area contributed by atoms with Gasteiger partial charge in [0.25, 0.3) is 11.8 Å². The van der Waals surface area contributed by atoms with Crippen LogP contribution in [0.25, 0.3) is 10.1 Å². The minimum absolute atomic E-state index is 0.0466. The maximum Gasteiger partial charge on any atom is 0.410 e. The highest BCUT2D eigenvalue weighted by Gasteiger charge is 2.36. The Labute approximate surface area is 313 Å². The summed E-state index contributed by atoms with van der Waals surface area (Å²) in [6.45, 7) is 13.5. The van der Waals surface area contributed by atoms with Gasteiger partial charge in [0, 0.05) is 63.0 Å². The van der Waals surface area contributed by atoms with E-state index in [0.717, 1.165) is 26.8 Å². The van der Waals surface area contributed by atoms with Crippen LogP contribution in [0.5, 0.6) is 11.6 Å². The number of rotatable bonds is 11. The molecule has 0 saturated carbocycles. The number of ether oxygens (including phenoxy) is 2. The van der Waals surface area contributed by atoms with E-state index >= 15 is 0 Å². The molecule has 2 aliphatic rings. The summed E-state index contributed by atoms with van der Waals surface area (Å²) in [6.07, 6.45) is 1.51. The number of hydrogen-bond acceptors (Lipinski definition) is 10. The van der Waals surface area contributed by atoms with E-state index in [0.29, 0.717) is 45.0 Å². The Morgan fingerprint density at radius 2 is 1.75 bits per heavy atom. The van der Waals surface area contributed by atoms with Crippen molar-refractivity contribution in [3.8, 4) is 11.6 Å². The molecule has 0 aliphatic carbocycles. The summed E-state index contributed by atoms with van der Waals surface area (Å²) >= 11 is 1.65. The van der Waals surface area contributed by atoms with Gasteiger partial charge in [0.15, 0.2) is 5.82 Å². The Morgan fingerprint density at radius 1 is 1.04 bits per heavy atom. The number of fused-ring (bicyclic) bond motifs is 1. The summed E-state index contributed by atoms with van der Waals surface area (Å²) in [5.41, 5.74) is 2.69. The van der Waals surface area contributed by atoms with E-state index < -0.39 is 23.6 Å². The molecule has 0 radical (unpaired) electrons. The smallest absolute Gasteiger partial charge is 0.410 e. The third kappa shape index (κ3) is 8.43. The number of hydrogen-bond donors (Lipinski definition) is 0. The molecule has 14 heteroatoms. The van der Waals surface area contributed by atoms with Gasteiger partial charge in [-0.2, -0.15) is 0 Å². The highest BCUT2D eigenvalue weighted by molar-refractivity contribution is 7.17. The van der Waals surface area contributed by atoms with Crippen LogP contribution in [0.4, 0.5) is 15.0 Å². The molecule has 2 aromatic carbocycles. The molecular formula is C39H46FN7O5S. The summed E-state index contributed by atoms with van der Waals surface area (Å²) in [7, 11) is 1.70. The van der Waals surface area contributed by atoms with Crippen molar-refractivity contribution in [2.24, 2.45) is 0 Å². The summed E-state index contributed by atoms with van der Waals surface area (Å²) in [5.74, 6) is -0.297. The Hall–Kier alpha value is -5.11. The van der Waals surface area contributed by atoms with Crippen LogP contribution in [0.2, 0.25) is 0 Å². The Bertz CT molecular complexity index is 2030. The van der Waals surface area contributed by atoms with E-state index in [1.807, 2.05) is 63.5 Å². The lowest BCUT2D eigenvalue weighted by atomic mass is 10.0. The molecule has 2 aromatic heterocycles. The summed E-state index contributed by atoms with van der Waals surface area (Å²) in [5, 5.41) is 11.3. The van der Waals surface area contributed by atoms with Gasteiger partial charge < -0.3 is 29.1 Å². The number of benzene rings is 2.